The number of aliphatic hydroxyl groups is 1. The second-order valence-electron chi connectivity index (χ2n) is 6.41. The van der Waals surface area contributed by atoms with E-state index < -0.39 is 6.10 Å². The first-order valence-electron chi connectivity index (χ1n) is 8.57. The summed E-state index contributed by atoms with van der Waals surface area (Å²) in [6, 6.07) is 3.24. The van der Waals surface area contributed by atoms with Crippen molar-refractivity contribution < 1.29 is 14.6 Å². The van der Waals surface area contributed by atoms with Crippen LogP contribution in [0.15, 0.2) is 28.2 Å². The molecule has 2 N–H and O–H groups in total. The van der Waals surface area contributed by atoms with E-state index >= 15 is 0 Å². The lowest BCUT2D eigenvalue weighted by Crippen LogP contribution is -2.46. The number of aliphatic hydroxyl groups excluding tert-OH is 1. The number of thioether (sulfide) groups is 1. The van der Waals surface area contributed by atoms with Gasteiger partial charge in [0.15, 0.2) is 5.78 Å². The lowest BCUT2D eigenvalue weighted by Gasteiger charge is -2.28. The van der Waals surface area contributed by atoms with Gasteiger partial charge in [-0.3, -0.25) is 14.2 Å². The lowest BCUT2D eigenvalue weighted by molar-refractivity contribution is -0.121. The number of ether oxygens (including phenoxy) is 1. The minimum atomic E-state index is -0.518. The Bertz CT molecular complexity index is 878. The van der Waals surface area contributed by atoms with Crippen molar-refractivity contribution in [2.45, 2.75) is 42.8 Å². The van der Waals surface area contributed by atoms with Crippen molar-refractivity contribution in [1.29, 1.82) is 0 Å². The zero-order valence-corrected chi connectivity index (χ0v) is 20.0. The van der Waals surface area contributed by atoms with Crippen molar-refractivity contribution in [1.82, 2.24) is 14.9 Å². The molecule has 1 aromatic heterocycles. The summed E-state index contributed by atoms with van der Waals surface area (Å²) in [5.74, 6) is 0.563. The first-order valence-corrected chi connectivity index (χ1v) is 9.80. The topological polar surface area (TPSA) is 93.5 Å². The molecule has 1 aromatic carbocycles. The summed E-state index contributed by atoms with van der Waals surface area (Å²) in [6.07, 6.45) is 4.58. The number of benzene rings is 1. The highest BCUT2D eigenvalue weighted by Crippen LogP contribution is 2.30. The van der Waals surface area contributed by atoms with Crippen LogP contribution in [-0.4, -0.2) is 52.5 Å². The number of methoxy groups -OCH3 is 1. The molecule has 0 spiro atoms. The van der Waals surface area contributed by atoms with Gasteiger partial charge in [-0.25, -0.2) is 4.98 Å². The SMILES string of the molecule is Br.Br.COc1cc2ncn(CC(=O)C[C@@H]3NCCC[C@H]3O)c(=O)c2cc1SC. The van der Waals surface area contributed by atoms with E-state index in [4.69, 9.17) is 4.74 Å². The van der Waals surface area contributed by atoms with Gasteiger partial charge in [-0.2, -0.15) is 0 Å². The maximum Gasteiger partial charge on any atom is 0.261 e. The summed E-state index contributed by atoms with van der Waals surface area (Å²) in [5.41, 5.74) is 0.288. The summed E-state index contributed by atoms with van der Waals surface area (Å²) in [6.45, 7) is 0.749. The fourth-order valence-electron chi connectivity index (χ4n) is 3.24. The molecule has 1 aliphatic rings. The molecule has 156 valence electrons. The Morgan fingerprint density at radius 2 is 2.18 bits per heavy atom. The number of rotatable bonds is 6. The van der Waals surface area contributed by atoms with E-state index in [1.807, 2.05) is 6.26 Å². The number of carbonyl (C=O) groups excluding carboxylic acids is 1. The average molecular weight is 539 g/mol. The second kappa shape index (κ2) is 11.3. The third kappa shape index (κ3) is 5.56. The van der Waals surface area contributed by atoms with E-state index in [1.54, 1.807) is 19.2 Å². The molecule has 0 amide bonds. The minimum Gasteiger partial charge on any atom is -0.496 e. The summed E-state index contributed by atoms with van der Waals surface area (Å²) < 4.78 is 6.65. The molecule has 10 heteroatoms. The molecule has 0 bridgehead atoms. The summed E-state index contributed by atoms with van der Waals surface area (Å²) in [4.78, 5) is 30.3. The van der Waals surface area contributed by atoms with E-state index in [0.29, 0.717) is 23.1 Å². The molecule has 1 aliphatic heterocycles. The van der Waals surface area contributed by atoms with Crippen molar-refractivity contribution in [2.24, 2.45) is 0 Å². The quantitative estimate of drug-likeness (QED) is 0.545. The first-order chi connectivity index (χ1) is 12.5. The van der Waals surface area contributed by atoms with Gasteiger partial charge >= 0.3 is 0 Å². The van der Waals surface area contributed by atoms with Crippen LogP contribution in [-0.2, 0) is 11.3 Å². The van der Waals surface area contributed by atoms with Crippen LogP contribution in [0.25, 0.3) is 10.9 Å². The molecule has 28 heavy (non-hydrogen) atoms. The van der Waals surface area contributed by atoms with Crippen molar-refractivity contribution in [3.8, 4) is 5.75 Å². The minimum absolute atomic E-state index is 0. The Labute approximate surface area is 188 Å². The average Bonchev–Trinajstić information content (AvgIpc) is 2.65. The smallest absolute Gasteiger partial charge is 0.261 e. The third-order valence-electron chi connectivity index (χ3n) is 4.67. The van der Waals surface area contributed by atoms with E-state index in [0.717, 1.165) is 17.9 Å². The van der Waals surface area contributed by atoms with Crippen molar-refractivity contribution in [3.63, 3.8) is 0 Å². The van der Waals surface area contributed by atoms with E-state index in [9.17, 15) is 14.7 Å². The zero-order valence-electron chi connectivity index (χ0n) is 15.7. The third-order valence-corrected chi connectivity index (χ3v) is 5.43. The van der Waals surface area contributed by atoms with Crippen molar-refractivity contribution in [2.75, 3.05) is 19.9 Å². The Kier molecular flexibility index (Phi) is 10.1. The Morgan fingerprint density at radius 3 is 2.82 bits per heavy atom. The lowest BCUT2D eigenvalue weighted by atomic mass is 9.97. The number of ketones is 1. The van der Waals surface area contributed by atoms with Gasteiger partial charge in [0.1, 0.15) is 5.75 Å². The molecule has 2 atom stereocenters. The van der Waals surface area contributed by atoms with Gasteiger partial charge in [-0.15, -0.1) is 45.7 Å². The molecule has 1 fully saturated rings. The summed E-state index contributed by atoms with van der Waals surface area (Å²) >= 11 is 1.48. The highest BCUT2D eigenvalue weighted by atomic mass is 79.9. The summed E-state index contributed by atoms with van der Waals surface area (Å²) in [7, 11) is 1.58. The number of Topliss-reactive ketones (excluding diaryl/α,β-unsaturated/α-hetero) is 1. The van der Waals surface area contributed by atoms with Gasteiger partial charge in [0.25, 0.3) is 5.56 Å². The maximum atomic E-state index is 12.7. The standard InChI is InChI=1S/C18H23N3O4S.2BrH/c1-25-16-8-13-12(7-17(16)26-2)18(24)21(10-20-13)9-11(22)6-14-15(23)4-3-5-19-14;;/h7-8,10,14-15,19,23H,3-6,9H2,1-2H3;2*1H/t14-,15+;;/m0../s1. The number of carbonyl (C=O) groups is 1. The number of nitrogens with zero attached hydrogens (tertiary/aromatic N) is 2. The highest BCUT2D eigenvalue weighted by molar-refractivity contribution is 8.93. The normalized spacial score (nSPS) is 18.8. The van der Waals surface area contributed by atoms with Crippen LogP contribution in [0.4, 0.5) is 0 Å². The fourth-order valence-corrected chi connectivity index (χ4v) is 3.82. The molecule has 7 nitrogen and oxygen atoms in total. The first kappa shape index (κ1) is 25.1. The van der Waals surface area contributed by atoms with Crippen molar-refractivity contribution >= 4 is 62.4 Å². The van der Waals surface area contributed by atoms with Gasteiger partial charge in [-0.05, 0) is 31.7 Å². The van der Waals surface area contributed by atoms with Crippen LogP contribution < -0.4 is 15.6 Å². The molecule has 1 saturated heterocycles. The zero-order chi connectivity index (χ0) is 18.7. The number of piperidine rings is 1. The van der Waals surface area contributed by atoms with Crippen LogP contribution in [0.2, 0.25) is 0 Å². The van der Waals surface area contributed by atoms with E-state index in [2.05, 4.69) is 10.3 Å². The van der Waals surface area contributed by atoms with E-state index in [-0.39, 0.29) is 64.3 Å². The molecular formula is C18H25Br2N3O4S. The predicted octanol–water partition coefficient (Wildman–Crippen LogP) is 2.35. The number of halogens is 2. The number of nitrogens with one attached hydrogen (secondary N) is 1. The fraction of sp³-hybridized carbons (Fsp3) is 0.500. The maximum absolute atomic E-state index is 12.7. The van der Waals surface area contributed by atoms with Gasteiger partial charge < -0.3 is 15.2 Å². The molecule has 0 unspecified atom stereocenters. The van der Waals surface area contributed by atoms with Crippen LogP contribution in [0.3, 0.4) is 0 Å². The van der Waals surface area contributed by atoms with Gasteiger partial charge in [-0.1, -0.05) is 0 Å². The van der Waals surface area contributed by atoms with Gasteiger partial charge in [0, 0.05) is 18.5 Å². The number of hydrogen-bond acceptors (Lipinski definition) is 7. The number of aromatic nitrogens is 2. The molecule has 3 rings (SSSR count). The molecule has 0 radical (unpaired) electrons. The van der Waals surface area contributed by atoms with Crippen LogP contribution in [0.1, 0.15) is 19.3 Å². The van der Waals surface area contributed by atoms with E-state index in [1.165, 1.54) is 22.7 Å². The van der Waals surface area contributed by atoms with Gasteiger partial charge in [0.05, 0.1) is 41.9 Å². The van der Waals surface area contributed by atoms with Gasteiger partial charge in [0.2, 0.25) is 0 Å². The molecule has 0 aliphatic carbocycles. The molecular weight excluding hydrogens is 514 g/mol. The Hall–Kier alpha value is -0.940. The van der Waals surface area contributed by atoms with Crippen molar-refractivity contribution in [3.05, 3.63) is 28.8 Å². The largest absolute Gasteiger partial charge is 0.496 e. The highest BCUT2D eigenvalue weighted by Gasteiger charge is 2.25. The van der Waals surface area contributed by atoms with Crippen LogP contribution in [0, 0.1) is 0 Å². The summed E-state index contributed by atoms with van der Waals surface area (Å²) in [5, 5.41) is 13.6. The van der Waals surface area contributed by atoms with Crippen LogP contribution >= 0.6 is 45.7 Å². The monoisotopic (exact) mass is 537 g/mol. The predicted molar refractivity (Wildman–Crippen MR) is 122 cm³/mol. The molecule has 2 heterocycles. The number of hydrogen-bond donors (Lipinski definition) is 2. The molecule has 2 aromatic rings. The van der Waals surface area contributed by atoms with Crippen LogP contribution in [0.5, 0.6) is 5.75 Å². The Morgan fingerprint density at radius 1 is 1.43 bits per heavy atom. The Balaban J connectivity index is 0.00000196. The number of fused-ring (bicyclic) bond motifs is 1. The molecule has 0 saturated carbocycles. The second-order valence-corrected chi connectivity index (χ2v) is 7.26.